The molecule has 104 valence electrons. The summed E-state index contributed by atoms with van der Waals surface area (Å²) in [6, 6.07) is 6.92. The predicted octanol–water partition coefficient (Wildman–Crippen LogP) is 2.02. The van der Waals surface area contributed by atoms with Gasteiger partial charge in [0, 0.05) is 7.05 Å². The van der Waals surface area contributed by atoms with E-state index in [1.807, 2.05) is 0 Å². The van der Waals surface area contributed by atoms with Gasteiger partial charge >= 0.3 is 0 Å². The van der Waals surface area contributed by atoms with Crippen molar-refractivity contribution in [3.05, 3.63) is 35.6 Å². The molecule has 0 spiro atoms. The van der Waals surface area contributed by atoms with Crippen molar-refractivity contribution in [2.45, 2.75) is 4.90 Å². The number of anilines is 1. The third-order valence-electron chi connectivity index (χ3n) is 2.73. The summed E-state index contributed by atoms with van der Waals surface area (Å²) < 4.78 is 33.1. The van der Waals surface area contributed by atoms with E-state index >= 15 is 0 Å². The largest absolute Gasteiger partial charge is 0.354 e. The second-order valence-electron chi connectivity index (χ2n) is 4.06. The van der Waals surface area contributed by atoms with E-state index < -0.39 is 10.0 Å². The molecule has 7 nitrogen and oxygen atoms in total. The molecule has 0 radical (unpaired) electrons. The Morgan fingerprint density at radius 2 is 2.10 bits per heavy atom. The monoisotopic (exact) mass is 312 g/mol. The van der Waals surface area contributed by atoms with Gasteiger partial charge in [-0.05, 0) is 12.1 Å². The van der Waals surface area contributed by atoms with Crippen LogP contribution in [0.1, 0.15) is 0 Å². The lowest BCUT2D eigenvalue weighted by Gasteiger charge is -2.03. The minimum absolute atomic E-state index is 0.0188. The molecule has 0 aliphatic heterocycles. The topological polar surface area (TPSA) is 90.0 Å². The molecule has 9 heteroatoms. The van der Waals surface area contributed by atoms with E-state index in [0.29, 0.717) is 11.0 Å². The van der Waals surface area contributed by atoms with Crippen molar-refractivity contribution in [3.63, 3.8) is 0 Å². The standard InChI is InChI=1S/C11H9ClN4O3S/c1-16-10(12)9(6-13-16)20(17,18)15-11-7-4-2-3-5-8(7)19-14-11/h2-6H,1H3,(H,14,15). The third-order valence-corrected chi connectivity index (χ3v) is 4.63. The second-order valence-corrected chi connectivity index (χ2v) is 6.06. The van der Waals surface area contributed by atoms with Crippen LogP contribution in [0.3, 0.4) is 0 Å². The van der Waals surface area contributed by atoms with Crippen molar-refractivity contribution >= 4 is 38.4 Å². The molecule has 20 heavy (non-hydrogen) atoms. The lowest BCUT2D eigenvalue weighted by molar-refractivity contribution is 0.460. The Labute approximate surface area is 119 Å². The molecule has 0 amide bonds. The smallest absolute Gasteiger partial charge is 0.267 e. The van der Waals surface area contributed by atoms with Gasteiger partial charge in [-0.15, -0.1) is 0 Å². The van der Waals surface area contributed by atoms with Crippen LogP contribution in [0.2, 0.25) is 5.15 Å². The van der Waals surface area contributed by atoms with Crippen molar-refractivity contribution < 1.29 is 12.9 Å². The zero-order valence-electron chi connectivity index (χ0n) is 10.2. The number of fused-ring (bicyclic) bond motifs is 1. The molecule has 0 aliphatic carbocycles. The zero-order chi connectivity index (χ0) is 14.3. The highest BCUT2D eigenvalue weighted by atomic mass is 35.5. The first-order valence-corrected chi connectivity index (χ1v) is 7.40. The molecule has 1 N–H and O–H groups in total. The van der Waals surface area contributed by atoms with Gasteiger partial charge in [0.1, 0.15) is 10.0 Å². The van der Waals surface area contributed by atoms with Crippen LogP contribution in [-0.4, -0.2) is 23.4 Å². The normalized spacial score (nSPS) is 11.9. The first-order valence-electron chi connectivity index (χ1n) is 5.54. The van der Waals surface area contributed by atoms with Crippen LogP contribution < -0.4 is 4.72 Å². The lowest BCUT2D eigenvalue weighted by Crippen LogP contribution is -2.13. The molecule has 2 heterocycles. The summed E-state index contributed by atoms with van der Waals surface area (Å²) in [4.78, 5) is -0.117. The van der Waals surface area contributed by atoms with E-state index in [-0.39, 0.29) is 15.9 Å². The first kappa shape index (κ1) is 12.9. The molecule has 0 atom stereocenters. The molecule has 1 aromatic carbocycles. The molecule has 2 aromatic heterocycles. The van der Waals surface area contributed by atoms with Crippen LogP contribution in [0.15, 0.2) is 39.9 Å². The maximum absolute atomic E-state index is 12.2. The number of nitrogens with one attached hydrogen (secondary N) is 1. The van der Waals surface area contributed by atoms with Gasteiger partial charge < -0.3 is 4.52 Å². The van der Waals surface area contributed by atoms with Crippen molar-refractivity contribution in [1.82, 2.24) is 14.9 Å². The van der Waals surface area contributed by atoms with Crippen LogP contribution in [0.5, 0.6) is 0 Å². The number of hydrogen-bond donors (Lipinski definition) is 1. The Bertz CT molecular complexity index is 884. The number of sulfonamides is 1. The number of nitrogens with zero attached hydrogens (tertiary/aromatic N) is 3. The van der Waals surface area contributed by atoms with Crippen molar-refractivity contribution in [1.29, 1.82) is 0 Å². The van der Waals surface area contributed by atoms with E-state index in [2.05, 4.69) is 15.0 Å². The highest BCUT2D eigenvalue weighted by Gasteiger charge is 2.23. The van der Waals surface area contributed by atoms with Gasteiger partial charge in [0.2, 0.25) is 0 Å². The second kappa shape index (κ2) is 4.50. The summed E-state index contributed by atoms with van der Waals surface area (Å²) in [6.45, 7) is 0. The van der Waals surface area contributed by atoms with E-state index in [9.17, 15) is 8.42 Å². The number of para-hydroxylation sites is 1. The summed E-state index contributed by atoms with van der Waals surface area (Å²) in [5.41, 5.74) is 0.488. The number of aromatic nitrogens is 3. The van der Waals surface area contributed by atoms with Gasteiger partial charge in [-0.25, -0.2) is 8.42 Å². The summed E-state index contributed by atoms with van der Waals surface area (Å²) >= 11 is 5.89. The van der Waals surface area contributed by atoms with Crippen LogP contribution >= 0.6 is 11.6 Å². The number of aryl methyl sites for hydroxylation is 1. The summed E-state index contributed by atoms with van der Waals surface area (Å²) in [7, 11) is -2.32. The van der Waals surface area contributed by atoms with Crippen LogP contribution in [-0.2, 0) is 17.1 Å². The van der Waals surface area contributed by atoms with Crippen LogP contribution in [0, 0.1) is 0 Å². The van der Waals surface area contributed by atoms with E-state index in [1.54, 1.807) is 31.3 Å². The maximum Gasteiger partial charge on any atom is 0.267 e. The number of benzene rings is 1. The summed E-state index contributed by atoms with van der Waals surface area (Å²) in [5.74, 6) is 0.112. The third kappa shape index (κ3) is 2.02. The Morgan fingerprint density at radius 3 is 2.80 bits per heavy atom. The average Bonchev–Trinajstić information content (AvgIpc) is 2.96. The van der Waals surface area contributed by atoms with Gasteiger partial charge in [0.05, 0.1) is 11.6 Å². The van der Waals surface area contributed by atoms with Gasteiger partial charge in [0.15, 0.2) is 11.4 Å². The Balaban J connectivity index is 2.04. The molecule has 0 fully saturated rings. The minimum Gasteiger partial charge on any atom is -0.354 e. The van der Waals surface area contributed by atoms with E-state index in [4.69, 9.17) is 16.1 Å². The minimum atomic E-state index is -3.87. The molecule has 0 unspecified atom stereocenters. The highest BCUT2D eigenvalue weighted by molar-refractivity contribution is 7.92. The maximum atomic E-state index is 12.2. The average molecular weight is 313 g/mol. The molecular formula is C11H9ClN4O3S. The number of hydrogen-bond acceptors (Lipinski definition) is 5. The van der Waals surface area contributed by atoms with E-state index in [0.717, 1.165) is 0 Å². The molecule has 0 saturated heterocycles. The molecule has 3 rings (SSSR count). The van der Waals surface area contributed by atoms with Crippen molar-refractivity contribution in [3.8, 4) is 0 Å². The molecular weight excluding hydrogens is 304 g/mol. The lowest BCUT2D eigenvalue weighted by atomic mass is 10.2. The fourth-order valence-electron chi connectivity index (χ4n) is 1.72. The quantitative estimate of drug-likeness (QED) is 0.799. The fraction of sp³-hybridized carbons (Fsp3) is 0.0909. The molecule has 0 saturated carbocycles. The number of halogens is 1. The van der Waals surface area contributed by atoms with Gasteiger partial charge in [-0.1, -0.05) is 28.9 Å². The Morgan fingerprint density at radius 1 is 1.35 bits per heavy atom. The highest BCUT2D eigenvalue weighted by Crippen LogP contribution is 2.26. The predicted molar refractivity (Wildman–Crippen MR) is 73.0 cm³/mol. The van der Waals surface area contributed by atoms with Crippen LogP contribution in [0.4, 0.5) is 5.82 Å². The summed E-state index contributed by atoms with van der Waals surface area (Å²) in [5, 5.41) is 8.09. The van der Waals surface area contributed by atoms with Gasteiger partial charge in [-0.3, -0.25) is 9.40 Å². The van der Waals surface area contributed by atoms with E-state index in [1.165, 1.54) is 10.9 Å². The van der Waals surface area contributed by atoms with Crippen molar-refractivity contribution in [2.24, 2.45) is 7.05 Å². The fourth-order valence-corrected chi connectivity index (χ4v) is 3.17. The van der Waals surface area contributed by atoms with Crippen molar-refractivity contribution in [2.75, 3.05) is 4.72 Å². The Hall–Kier alpha value is -2.06. The zero-order valence-corrected chi connectivity index (χ0v) is 11.8. The summed E-state index contributed by atoms with van der Waals surface area (Å²) in [6.07, 6.45) is 1.17. The Kier molecular flexibility index (Phi) is 2.91. The van der Waals surface area contributed by atoms with Gasteiger partial charge in [-0.2, -0.15) is 5.10 Å². The number of rotatable bonds is 3. The molecule has 0 aliphatic rings. The van der Waals surface area contributed by atoms with Crippen LogP contribution in [0.25, 0.3) is 11.0 Å². The van der Waals surface area contributed by atoms with Gasteiger partial charge in [0.25, 0.3) is 10.0 Å². The SMILES string of the molecule is Cn1ncc(S(=O)(=O)Nc2noc3ccccc23)c1Cl. The molecule has 0 bridgehead atoms. The first-order chi connectivity index (χ1) is 9.49. The molecule has 3 aromatic rings.